The van der Waals surface area contributed by atoms with Crippen LogP contribution in [0.2, 0.25) is 10.0 Å². The fraction of sp³-hybridized carbons (Fsp3) is 0.333. The minimum Gasteiger partial charge on any atom is -0.458 e. The first-order chi connectivity index (χ1) is 7.50. The Balaban J connectivity index is 2.56. The molecule has 2 N–H and O–H groups in total. The van der Waals surface area contributed by atoms with Crippen LogP contribution >= 0.6 is 23.2 Å². The van der Waals surface area contributed by atoms with E-state index in [-0.39, 0.29) is 6.04 Å². The highest BCUT2D eigenvalue weighted by Crippen LogP contribution is 2.34. The van der Waals surface area contributed by atoms with Gasteiger partial charge in [0, 0.05) is 5.39 Å². The zero-order valence-corrected chi connectivity index (χ0v) is 10.6. The van der Waals surface area contributed by atoms with Crippen LogP contribution in [0.5, 0.6) is 0 Å². The second kappa shape index (κ2) is 4.28. The minimum absolute atomic E-state index is 0.123. The molecule has 0 radical (unpaired) electrons. The maximum atomic E-state index is 6.06. The lowest BCUT2D eigenvalue weighted by atomic mass is 10.0. The van der Waals surface area contributed by atoms with Crippen LogP contribution in [0.3, 0.4) is 0 Å². The van der Waals surface area contributed by atoms with Gasteiger partial charge in [0.25, 0.3) is 0 Å². The van der Waals surface area contributed by atoms with Crippen molar-refractivity contribution < 1.29 is 4.42 Å². The second-order valence-electron chi connectivity index (χ2n) is 4.20. The van der Waals surface area contributed by atoms with Crippen molar-refractivity contribution in [1.82, 2.24) is 0 Å². The number of hydrogen-bond acceptors (Lipinski definition) is 2. The number of fused-ring (bicyclic) bond motifs is 1. The molecule has 86 valence electrons. The van der Waals surface area contributed by atoms with E-state index in [1.807, 2.05) is 26.0 Å². The molecule has 0 amide bonds. The van der Waals surface area contributed by atoms with Gasteiger partial charge in [-0.05, 0) is 24.1 Å². The van der Waals surface area contributed by atoms with Gasteiger partial charge in [0.1, 0.15) is 10.8 Å². The third-order valence-electron chi connectivity index (χ3n) is 2.64. The van der Waals surface area contributed by atoms with Crippen molar-refractivity contribution in [2.45, 2.75) is 19.9 Å². The van der Waals surface area contributed by atoms with Crippen LogP contribution in [0.25, 0.3) is 11.0 Å². The summed E-state index contributed by atoms with van der Waals surface area (Å²) in [6, 6.07) is 5.43. The molecule has 1 atom stereocenters. The highest BCUT2D eigenvalue weighted by Gasteiger charge is 2.17. The molecule has 0 aliphatic carbocycles. The quantitative estimate of drug-likeness (QED) is 0.867. The van der Waals surface area contributed by atoms with Gasteiger partial charge in [-0.2, -0.15) is 0 Å². The monoisotopic (exact) mass is 257 g/mol. The Morgan fingerprint density at radius 3 is 2.56 bits per heavy atom. The molecule has 1 unspecified atom stereocenters. The van der Waals surface area contributed by atoms with E-state index in [9.17, 15) is 0 Å². The number of rotatable bonds is 2. The van der Waals surface area contributed by atoms with Gasteiger partial charge < -0.3 is 10.2 Å². The van der Waals surface area contributed by atoms with Gasteiger partial charge in [-0.1, -0.05) is 37.0 Å². The number of halogens is 2. The third kappa shape index (κ3) is 1.93. The Morgan fingerprint density at radius 1 is 1.25 bits per heavy atom. The smallest absolute Gasteiger partial charge is 0.154 e. The fourth-order valence-electron chi connectivity index (χ4n) is 1.56. The molecular weight excluding hydrogens is 245 g/mol. The van der Waals surface area contributed by atoms with Crippen molar-refractivity contribution in [1.29, 1.82) is 0 Å². The number of hydrogen-bond donors (Lipinski definition) is 1. The van der Waals surface area contributed by atoms with Gasteiger partial charge in [-0.25, -0.2) is 0 Å². The van der Waals surface area contributed by atoms with Gasteiger partial charge in [0.05, 0.1) is 11.1 Å². The summed E-state index contributed by atoms with van der Waals surface area (Å²) in [5, 5.41) is 1.87. The average Bonchev–Trinajstić information content (AvgIpc) is 2.67. The SMILES string of the molecule is CC(C)C(N)c1cc2ccc(Cl)c(Cl)c2o1. The Hall–Kier alpha value is -0.700. The molecule has 16 heavy (non-hydrogen) atoms. The maximum Gasteiger partial charge on any atom is 0.154 e. The first-order valence-corrected chi connectivity index (χ1v) is 5.89. The molecule has 4 heteroatoms. The van der Waals surface area contributed by atoms with E-state index in [0.29, 0.717) is 21.5 Å². The summed E-state index contributed by atoms with van der Waals surface area (Å²) in [7, 11) is 0. The number of benzene rings is 1. The highest BCUT2D eigenvalue weighted by atomic mass is 35.5. The summed E-state index contributed by atoms with van der Waals surface area (Å²) < 4.78 is 5.66. The molecular formula is C12H13Cl2NO. The largest absolute Gasteiger partial charge is 0.458 e. The van der Waals surface area contributed by atoms with Crippen LogP contribution in [-0.2, 0) is 0 Å². The van der Waals surface area contributed by atoms with Crippen LogP contribution in [-0.4, -0.2) is 0 Å². The summed E-state index contributed by atoms with van der Waals surface area (Å²) in [5.74, 6) is 1.06. The molecule has 2 aromatic rings. The van der Waals surface area contributed by atoms with Gasteiger partial charge in [0.2, 0.25) is 0 Å². The highest BCUT2D eigenvalue weighted by molar-refractivity contribution is 6.44. The maximum absolute atomic E-state index is 6.06. The van der Waals surface area contributed by atoms with Crippen LogP contribution < -0.4 is 5.73 Å². The van der Waals surface area contributed by atoms with E-state index in [2.05, 4.69) is 0 Å². The molecule has 0 fully saturated rings. The first kappa shape index (κ1) is 11.8. The van der Waals surface area contributed by atoms with E-state index in [4.69, 9.17) is 33.4 Å². The van der Waals surface area contributed by atoms with Crippen LogP contribution in [0.4, 0.5) is 0 Å². The lowest BCUT2D eigenvalue weighted by Gasteiger charge is -2.11. The topological polar surface area (TPSA) is 39.2 Å². The van der Waals surface area contributed by atoms with Crippen LogP contribution in [0.1, 0.15) is 25.6 Å². The Kier molecular flexibility index (Phi) is 3.15. The fourth-order valence-corrected chi connectivity index (χ4v) is 1.92. The van der Waals surface area contributed by atoms with Crippen molar-refractivity contribution in [3.63, 3.8) is 0 Å². The van der Waals surface area contributed by atoms with Gasteiger partial charge >= 0.3 is 0 Å². The van der Waals surface area contributed by atoms with E-state index in [0.717, 1.165) is 11.1 Å². The van der Waals surface area contributed by atoms with E-state index in [1.165, 1.54) is 0 Å². The Morgan fingerprint density at radius 2 is 1.94 bits per heavy atom. The molecule has 0 aliphatic heterocycles. The summed E-state index contributed by atoms with van der Waals surface area (Å²) in [6.07, 6.45) is 0. The lowest BCUT2D eigenvalue weighted by Crippen LogP contribution is -2.15. The standard InChI is InChI=1S/C12H13Cl2NO/c1-6(2)11(15)9-5-7-3-4-8(13)10(14)12(7)16-9/h3-6,11H,15H2,1-2H3. The molecule has 2 nitrogen and oxygen atoms in total. The summed E-state index contributed by atoms with van der Waals surface area (Å²) in [4.78, 5) is 0. The Labute approximate surface area is 104 Å². The molecule has 0 saturated heterocycles. The molecule has 1 aromatic heterocycles. The number of nitrogens with two attached hydrogens (primary N) is 1. The molecule has 0 spiro atoms. The summed E-state index contributed by atoms with van der Waals surface area (Å²) in [6.45, 7) is 4.10. The van der Waals surface area contributed by atoms with Crippen molar-refractivity contribution in [2.75, 3.05) is 0 Å². The van der Waals surface area contributed by atoms with Gasteiger partial charge in [0.15, 0.2) is 5.58 Å². The molecule has 0 bridgehead atoms. The van der Waals surface area contributed by atoms with Crippen molar-refractivity contribution in [3.05, 3.63) is 34.0 Å². The van der Waals surface area contributed by atoms with Crippen LogP contribution in [0.15, 0.2) is 22.6 Å². The van der Waals surface area contributed by atoms with E-state index < -0.39 is 0 Å². The molecule has 1 aromatic carbocycles. The molecule has 0 aliphatic rings. The predicted octanol–water partition coefficient (Wildman–Crippen LogP) is 4.40. The molecule has 0 saturated carbocycles. The molecule has 1 heterocycles. The summed E-state index contributed by atoms with van der Waals surface area (Å²) in [5.41, 5.74) is 6.63. The predicted molar refractivity (Wildman–Crippen MR) is 68.0 cm³/mol. The van der Waals surface area contributed by atoms with Crippen molar-refractivity contribution in [2.24, 2.45) is 11.7 Å². The number of furan rings is 1. The normalized spacial score (nSPS) is 13.6. The van der Waals surface area contributed by atoms with Crippen molar-refractivity contribution >= 4 is 34.2 Å². The van der Waals surface area contributed by atoms with E-state index >= 15 is 0 Å². The summed E-state index contributed by atoms with van der Waals surface area (Å²) >= 11 is 12.0. The van der Waals surface area contributed by atoms with Crippen molar-refractivity contribution in [3.8, 4) is 0 Å². The second-order valence-corrected chi connectivity index (χ2v) is 4.98. The Bertz CT molecular complexity index is 519. The minimum atomic E-state index is -0.123. The molecule has 2 rings (SSSR count). The zero-order chi connectivity index (χ0) is 11.9. The first-order valence-electron chi connectivity index (χ1n) is 5.13. The van der Waals surface area contributed by atoms with Gasteiger partial charge in [-0.15, -0.1) is 0 Å². The van der Waals surface area contributed by atoms with Crippen LogP contribution in [0, 0.1) is 5.92 Å². The third-order valence-corrected chi connectivity index (χ3v) is 3.43. The zero-order valence-electron chi connectivity index (χ0n) is 9.13. The average molecular weight is 258 g/mol. The van der Waals surface area contributed by atoms with E-state index in [1.54, 1.807) is 6.07 Å². The van der Waals surface area contributed by atoms with Gasteiger partial charge in [-0.3, -0.25) is 0 Å². The lowest BCUT2D eigenvalue weighted by molar-refractivity contribution is 0.418.